The Morgan fingerprint density at radius 1 is 1.20 bits per heavy atom. The molecule has 1 aromatic rings. The van der Waals surface area contributed by atoms with Crippen molar-refractivity contribution in [3.05, 3.63) is 35.4 Å². The van der Waals surface area contributed by atoms with Crippen LogP contribution in [-0.2, 0) is 10.9 Å². The molecule has 0 spiro atoms. The standard InChI is InChI=1S/C15H18F3NO/c16-15(17,18)12-5-3-4-11(8-12)14-9-19-7-2-1-6-13(19)10-20-14/h3-5,8,13-14H,1-2,6-7,9-10H2. The maximum atomic E-state index is 12.8. The number of fused-ring (bicyclic) bond motifs is 1. The largest absolute Gasteiger partial charge is 0.416 e. The highest BCUT2D eigenvalue weighted by Gasteiger charge is 2.34. The summed E-state index contributed by atoms with van der Waals surface area (Å²) in [4.78, 5) is 2.36. The highest BCUT2D eigenvalue weighted by Crippen LogP contribution is 2.34. The van der Waals surface area contributed by atoms with Crippen molar-refractivity contribution in [3.8, 4) is 0 Å². The molecule has 0 aromatic heterocycles. The predicted molar refractivity (Wildman–Crippen MR) is 69.3 cm³/mol. The number of alkyl halides is 3. The van der Waals surface area contributed by atoms with Crippen molar-refractivity contribution in [2.24, 2.45) is 0 Å². The molecule has 2 heterocycles. The summed E-state index contributed by atoms with van der Waals surface area (Å²) in [6.45, 7) is 2.36. The lowest BCUT2D eigenvalue weighted by atomic mass is 9.98. The molecule has 5 heteroatoms. The van der Waals surface area contributed by atoms with Crippen LogP contribution in [0.1, 0.15) is 36.5 Å². The highest BCUT2D eigenvalue weighted by molar-refractivity contribution is 5.27. The van der Waals surface area contributed by atoms with E-state index >= 15 is 0 Å². The average molecular weight is 285 g/mol. The van der Waals surface area contributed by atoms with Gasteiger partial charge in [0.2, 0.25) is 0 Å². The molecule has 0 amide bonds. The lowest BCUT2D eigenvalue weighted by molar-refractivity contribution is -0.137. The summed E-state index contributed by atoms with van der Waals surface area (Å²) in [6.07, 6.45) is -1.01. The van der Waals surface area contributed by atoms with Crippen LogP contribution in [0.4, 0.5) is 13.2 Å². The fourth-order valence-corrected chi connectivity index (χ4v) is 3.10. The van der Waals surface area contributed by atoms with E-state index in [-0.39, 0.29) is 6.10 Å². The molecule has 0 saturated carbocycles. The first-order valence-corrected chi connectivity index (χ1v) is 7.07. The van der Waals surface area contributed by atoms with E-state index in [1.165, 1.54) is 25.0 Å². The summed E-state index contributed by atoms with van der Waals surface area (Å²) in [5.74, 6) is 0. The first-order valence-electron chi connectivity index (χ1n) is 7.07. The zero-order valence-corrected chi connectivity index (χ0v) is 11.2. The van der Waals surface area contributed by atoms with Gasteiger partial charge in [-0.3, -0.25) is 4.90 Å². The van der Waals surface area contributed by atoms with E-state index in [0.717, 1.165) is 19.0 Å². The number of nitrogens with zero attached hydrogens (tertiary/aromatic N) is 1. The second-order valence-electron chi connectivity index (χ2n) is 5.59. The van der Waals surface area contributed by atoms with Gasteiger partial charge in [0, 0.05) is 12.6 Å². The number of ether oxygens (including phenoxy) is 1. The van der Waals surface area contributed by atoms with Crippen LogP contribution >= 0.6 is 0 Å². The van der Waals surface area contributed by atoms with E-state index in [1.54, 1.807) is 6.07 Å². The van der Waals surface area contributed by atoms with Crippen molar-refractivity contribution in [2.45, 2.75) is 37.6 Å². The van der Waals surface area contributed by atoms with Crippen LogP contribution < -0.4 is 0 Å². The number of benzene rings is 1. The van der Waals surface area contributed by atoms with Crippen molar-refractivity contribution < 1.29 is 17.9 Å². The first kappa shape index (κ1) is 13.9. The molecular formula is C15H18F3NO. The Kier molecular flexibility index (Phi) is 3.73. The van der Waals surface area contributed by atoms with Gasteiger partial charge in [-0.2, -0.15) is 13.2 Å². The summed E-state index contributed by atoms with van der Waals surface area (Å²) in [7, 11) is 0. The lowest BCUT2D eigenvalue weighted by Crippen LogP contribution is -2.49. The van der Waals surface area contributed by atoms with Gasteiger partial charge in [-0.25, -0.2) is 0 Å². The van der Waals surface area contributed by atoms with Gasteiger partial charge in [0.05, 0.1) is 18.3 Å². The van der Waals surface area contributed by atoms with Gasteiger partial charge in [-0.15, -0.1) is 0 Å². The maximum Gasteiger partial charge on any atom is 0.416 e. The molecule has 0 N–H and O–H groups in total. The third-order valence-electron chi connectivity index (χ3n) is 4.22. The van der Waals surface area contributed by atoms with Gasteiger partial charge >= 0.3 is 6.18 Å². The summed E-state index contributed by atoms with van der Waals surface area (Å²) >= 11 is 0. The molecule has 0 aliphatic carbocycles. The molecule has 2 aliphatic rings. The Labute approximate surface area is 116 Å². The highest BCUT2D eigenvalue weighted by atomic mass is 19.4. The second-order valence-corrected chi connectivity index (χ2v) is 5.59. The van der Waals surface area contributed by atoms with Crippen LogP contribution in [0.15, 0.2) is 24.3 Å². The van der Waals surface area contributed by atoms with E-state index in [2.05, 4.69) is 4.90 Å². The van der Waals surface area contributed by atoms with Gasteiger partial charge < -0.3 is 4.74 Å². The molecule has 2 fully saturated rings. The summed E-state index contributed by atoms with van der Waals surface area (Å²) in [5.41, 5.74) is 0.0308. The molecule has 0 bridgehead atoms. The molecule has 2 nitrogen and oxygen atoms in total. The molecular weight excluding hydrogens is 267 g/mol. The molecule has 2 saturated heterocycles. The van der Waals surface area contributed by atoms with Crippen LogP contribution in [0.25, 0.3) is 0 Å². The Balaban J connectivity index is 1.76. The van der Waals surface area contributed by atoms with Gasteiger partial charge in [0.1, 0.15) is 0 Å². The molecule has 2 atom stereocenters. The zero-order valence-electron chi connectivity index (χ0n) is 11.2. The minimum Gasteiger partial charge on any atom is -0.371 e. The van der Waals surface area contributed by atoms with Gasteiger partial charge in [-0.05, 0) is 37.1 Å². The average Bonchev–Trinajstić information content (AvgIpc) is 2.46. The topological polar surface area (TPSA) is 12.5 Å². The normalized spacial score (nSPS) is 28.1. The van der Waals surface area contributed by atoms with Crippen molar-refractivity contribution in [3.63, 3.8) is 0 Å². The second kappa shape index (κ2) is 5.37. The number of hydrogen-bond donors (Lipinski definition) is 0. The minimum absolute atomic E-state index is 0.244. The van der Waals surface area contributed by atoms with Crippen molar-refractivity contribution in [2.75, 3.05) is 19.7 Å². The summed E-state index contributed by atoms with van der Waals surface area (Å²) in [5, 5.41) is 0. The van der Waals surface area contributed by atoms with Gasteiger partial charge in [0.15, 0.2) is 0 Å². The fourth-order valence-electron chi connectivity index (χ4n) is 3.10. The SMILES string of the molecule is FC(F)(F)c1cccc(C2CN3CCCCC3CO2)c1. The zero-order chi connectivity index (χ0) is 14.2. The molecule has 1 aromatic carbocycles. The smallest absolute Gasteiger partial charge is 0.371 e. The van der Waals surface area contributed by atoms with Crippen molar-refractivity contribution in [1.29, 1.82) is 0 Å². The van der Waals surface area contributed by atoms with Crippen molar-refractivity contribution >= 4 is 0 Å². The van der Waals surface area contributed by atoms with Crippen LogP contribution in [0.2, 0.25) is 0 Å². The molecule has 2 unspecified atom stereocenters. The van der Waals surface area contributed by atoms with Gasteiger partial charge in [-0.1, -0.05) is 18.6 Å². The fraction of sp³-hybridized carbons (Fsp3) is 0.600. The summed E-state index contributed by atoms with van der Waals surface area (Å²) in [6, 6.07) is 5.96. The summed E-state index contributed by atoms with van der Waals surface area (Å²) < 4.78 is 44.0. The van der Waals surface area contributed by atoms with Gasteiger partial charge in [0.25, 0.3) is 0 Å². The minimum atomic E-state index is -4.29. The Morgan fingerprint density at radius 2 is 2.05 bits per heavy atom. The van der Waals surface area contributed by atoms with Crippen LogP contribution in [0, 0.1) is 0 Å². The lowest BCUT2D eigenvalue weighted by Gasteiger charge is -2.42. The van der Waals surface area contributed by atoms with Crippen molar-refractivity contribution in [1.82, 2.24) is 4.90 Å². The molecule has 0 radical (unpaired) electrons. The number of morpholine rings is 1. The number of hydrogen-bond acceptors (Lipinski definition) is 2. The third kappa shape index (κ3) is 2.83. The molecule has 110 valence electrons. The number of rotatable bonds is 1. The quantitative estimate of drug-likeness (QED) is 0.781. The third-order valence-corrected chi connectivity index (χ3v) is 4.22. The first-order chi connectivity index (χ1) is 9.54. The Bertz CT molecular complexity index is 474. The monoisotopic (exact) mass is 285 g/mol. The molecule has 3 rings (SSSR count). The Morgan fingerprint density at radius 3 is 2.85 bits per heavy atom. The van der Waals surface area contributed by atoms with Crippen LogP contribution in [-0.4, -0.2) is 30.6 Å². The predicted octanol–water partition coefficient (Wildman–Crippen LogP) is 3.63. The molecule has 20 heavy (non-hydrogen) atoms. The van der Waals surface area contributed by atoms with E-state index in [1.807, 2.05) is 0 Å². The van der Waals surface area contributed by atoms with E-state index in [9.17, 15) is 13.2 Å². The van der Waals surface area contributed by atoms with Crippen LogP contribution in [0.3, 0.4) is 0 Å². The maximum absolute atomic E-state index is 12.8. The number of piperidine rings is 1. The van der Waals surface area contributed by atoms with E-state index in [0.29, 0.717) is 24.8 Å². The number of halogens is 3. The van der Waals surface area contributed by atoms with E-state index in [4.69, 9.17) is 4.74 Å². The van der Waals surface area contributed by atoms with Crippen LogP contribution in [0.5, 0.6) is 0 Å². The Hall–Kier alpha value is -1.07. The van der Waals surface area contributed by atoms with E-state index < -0.39 is 11.7 Å². The molecule has 2 aliphatic heterocycles.